The standard InChI is InChI=1S/C16H14BrClN4O/c1-3-21(2)15-11-8-7-10(18)9-12(11)22(16(23)20-15)14-6-4-5-13(17)19-14/h4-9H,3H2,1-2H3. The number of halogens is 2. The summed E-state index contributed by atoms with van der Waals surface area (Å²) in [5, 5.41) is 1.40. The van der Waals surface area contributed by atoms with Crippen LogP contribution in [0.2, 0.25) is 5.02 Å². The van der Waals surface area contributed by atoms with Crippen LogP contribution in [0.3, 0.4) is 0 Å². The van der Waals surface area contributed by atoms with Gasteiger partial charge in [0.15, 0.2) is 0 Å². The van der Waals surface area contributed by atoms with Crippen molar-refractivity contribution >= 4 is 44.3 Å². The van der Waals surface area contributed by atoms with E-state index in [-0.39, 0.29) is 5.69 Å². The number of fused-ring (bicyclic) bond motifs is 1. The lowest BCUT2D eigenvalue weighted by Crippen LogP contribution is -2.27. The van der Waals surface area contributed by atoms with Crippen molar-refractivity contribution in [1.29, 1.82) is 0 Å². The van der Waals surface area contributed by atoms with Crippen LogP contribution in [0.15, 0.2) is 45.8 Å². The number of pyridine rings is 1. The molecule has 0 atom stereocenters. The molecule has 0 saturated heterocycles. The van der Waals surface area contributed by atoms with Gasteiger partial charge in [-0.2, -0.15) is 4.98 Å². The molecule has 0 bridgehead atoms. The smallest absolute Gasteiger partial charge is 0.355 e. The van der Waals surface area contributed by atoms with Gasteiger partial charge in [0.1, 0.15) is 16.2 Å². The van der Waals surface area contributed by atoms with E-state index in [1.165, 1.54) is 4.57 Å². The van der Waals surface area contributed by atoms with Gasteiger partial charge in [-0.15, -0.1) is 0 Å². The maximum Gasteiger partial charge on any atom is 0.355 e. The summed E-state index contributed by atoms with van der Waals surface area (Å²) in [5.41, 5.74) is 0.291. The third kappa shape index (κ3) is 2.96. The summed E-state index contributed by atoms with van der Waals surface area (Å²) in [6.07, 6.45) is 0. The number of rotatable bonds is 3. The van der Waals surface area contributed by atoms with Gasteiger partial charge in [-0.25, -0.2) is 14.3 Å². The number of benzene rings is 1. The van der Waals surface area contributed by atoms with E-state index in [4.69, 9.17) is 11.6 Å². The molecule has 0 spiro atoms. The highest BCUT2D eigenvalue weighted by Crippen LogP contribution is 2.26. The molecule has 2 heterocycles. The average Bonchev–Trinajstić information content (AvgIpc) is 2.53. The second-order valence-electron chi connectivity index (χ2n) is 5.05. The van der Waals surface area contributed by atoms with E-state index >= 15 is 0 Å². The molecule has 0 N–H and O–H groups in total. The fraction of sp³-hybridized carbons (Fsp3) is 0.188. The van der Waals surface area contributed by atoms with Crippen LogP contribution < -0.4 is 10.6 Å². The summed E-state index contributed by atoms with van der Waals surface area (Å²) in [4.78, 5) is 23.2. The first-order valence-electron chi connectivity index (χ1n) is 7.07. The van der Waals surface area contributed by atoms with Gasteiger partial charge in [-0.3, -0.25) is 0 Å². The van der Waals surface area contributed by atoms with Crippen LogP contribution >= 0.6 is 27.5 Å². The predicted octanol–water partition coefficient (Wildman–Crippen LogP) is 3.65. The molecule has 2 aromatic heterocycles. The van der Waals surface area contributed by atoms with Gasteiger partial charge < -0.3 is 4.90 Å². The van der Waals surface area contributed by atoms with Crippen LogP contribution in [-0.4, -0.2) is 28.1 Å². The fourth-order valence-corrected chi connectivity index (χ4v) is 2.87. The molecule has 0 aliphatic heterocycles. The minimum absolute atomic E-state index is 0.388. The number of hydrogen-bond acceptors (Lipinski definition) is 4. The molecule has 118 valence electrons. The number of anilines is 1. The Labute approximate surface area is 146 Å². The molecule has 0 radical (unpaired) electrons. The van der Waals surface area contributed by atoms with E-state index in [0.29, 0.717) is 26.8 Å². The summed E-state index contributed by atoms with van der Waals surface area (Å²) in [5.74, 6) is 1.13. The van der Waals surface area contributed by atoms with Crippen molar-refractivity contribution in [3.05, 3.63) is 56.5 Å². The van der Waals surface area contributed by atoms with Gasteiger partial charge in [0, 0.05) is 24.0 Å². The molecule has 0 aliphatic carbocycles. The summed E-state index contributed by atoms with van der Waals surface area (Å²) in [6, 6.07) is 10.8. The Hall–Kier alpha value is -1.92. The first kappa shape index (κ1) is 16.0. The second-order valence-corrected chi connectivity index (χ2v) is 6.30. The number of nitrogens with zero attached hydrogens (tertiary/aromatic N) is 4. The zero-order valence-electron chi connectivity index (χ0n) is 12.6. The molecule has 0 amide bonds. The van der Waals surface area contributed by atoms with Gasteiger partial charge in [0.05, 0.1) is 5.52 Å². The van der Waals surface area contributed by atoms with Crippen molar-refractivity contribution in [3.63, 3.8) is 0 Å². The highest BCUT2D eigenvalue weighted by molar-refractivity contribution is 9.10. The largest absolute Gasteiger partial charge is 0.359 e. The quantitative estimate of drug-likeness (QED) is 0.637. The lowest BCUT2D eigenvalue weighted by atomic mass is 10.2. The van der Waals surface area contributed by atoms with Crippen molar-refractivity contribution in [3.8, 4) is 5.82 Å². The Balaban J connectivity index is 2.41. The van der Waals surface area contributed by atoms with E-state index in [2.05, 4.69) is 25.9 Å². The maximum atomic E-state index is 12.6. The highest BCUT2D eigenvalue weighted by atomic mass is 79.9. The molecule has 0 aliphatic rings. The molecular formula is C16H14BrClN4O. The van der Waals surface area contributed by atoms with Gasteiger partial charge in [0.25, 0.3) is 0 Å². The lowest BCUT2D eigenvalue weighted by Gasteiger charge is -2.19. The van der Waals surface area contributed by atoms with E-state index in [9.17, 15) is 4.79 Å². The van der Waals surface area contributed by atoms with E-state index in [1.54, 1.807) is 24.3 Å². The van der Waals surface area contributed by atoms with Crippen LogP contribution in [0.1, 0.15) is 6.92 Å². The normalized spacial score (nSPS) is 11.0. The Morgan fingerprint density at radius 3 is 2.74 bits per heavy atom. The molecule has 0 fully saturated rings. The van der Waals surface area contributed by atoms with Gasteiger partial charge in [0.2, 0.25) is 0 Å². The van der Waals surface area contributed by atoms with Crippen LogP contribution in [0.5, 0.6) is 0 Å². The maximum absolute atomic E-state index is 12.6. The number of hydrogen-bond donors (Lipinski definition) is 0. The second kappa shape index (κ2) is 6.29. The molecular weight excluding hydrogens is 380 g/mol. The van der Waals surface area contributed by atoms with E-state index < -0.39 is 0 Å². The average molecular weight is 394 g/mol. The highest BCUT2D eigenvalue weighted by Gasteiger charge is 2.15. The first-order chi connectivity index (χ1) is 11.0. The molecule has 0 saturated carbocycles. The van der Waals surface area contributed by atoms with Crippen molar-refractivity contribution < 1.29 is 0 Å². The van der Waals surface area contributed by atoms with Crippen molar-refractivity contribution in [1.82, 2.24) is 14.5 Å². The van der Waals surface area contributed by atoms with Crippen LogP contribution in [0.4, 0.5) is 5.82 Å². The van der Waals surface area contributed by atoms with Crippen LogP contribution in [0.25, 0.3) is 16.7 Å². The molecule has 23 heavy (non-hydrogen) atoms. The molecule has 3 rings (SSSR count). The Bertz CT molecular complexity index is 941. The Morgan fingerprint density at radius 1 is 1.26 bits per heavy atom. The minimum atomic E-state index is -0.388. The third-order valence-corrected chi connectivity index (χ3v) is 4.28. The van der Waals surface area contributed by atoms with Crippen molar-refractivity contribution in [2.24, 2.45) is 0 Å². The van der Waals surface area contributed by atoms with E-state index in [1.807, 2.05) is 31.0 Å². The molecule has 7 heteroatoms. The zero-order valence-corrected chi connectivity index (χ0v) is 15.0. The van der Waals surface area contributed by atoms with Crippen molar-refractivity contribution in [2.75, 3.05) is 18.5 Å². The van der Waals surface area contributed by atoms with E-state index in [0.717, 1.165) is 11.9 Å². The zero-order chi connectivity index (χ0) is 16.6. The summed E-state index contributed by atoms with van der Waals surface area (Å²) >= 11 is 9.48. The monoisotopic (exact) mass is 392 g/mol. The first-order valence-corrected chi connectivity index (χ1v) is 8.24. The van der Waals surface area contributed by atoms with Crippen molar-refractivity contribution in [2.45, 2.75) is 6.92 Å². The third-order valence-electron chi connectivity index (χ3n) is 3.60. The number of aromatic nitrogens is 3. The molecule has 3 aromatic rings. The van der Waals surface area contributed by atoms with Crippen LogP contribution in [-0.2, 0) is 0 Å². The lowest BCUT2D eigenvalue weighted by molar-refractivity contribution is 0.879. The topological polar surface area (TPSA) is 51.0 Å². The van der Waals surface area contributed by atoms with Crippen LogP contribution in [0, 0.1) is 0 Å². The summed E-state index contributed by atoms with van der Waals surface area (Å²) in [6.45, 7) is 2.74. The molecule has 1 aromatic carbocycles. The fourth-order valence-electron chi connectivity index (χ4n) is 2.37. The predicted molar refractivity (Wildman–Crippen MR) is 96.8 cm³/mol. The van der Waals surface area contributed by atoms with Gasteiger partial charge in [-0.05, 0) is 53.2 Å². The van der Waals surface area contributed by atoms with Gasteiger partial charge >= 0.3 is 5.69 Å². The Kier molecular flexibility index (Phi) is 4.37. The summed E-state index contributed by atoms with van der Waals surface area (Å²) < 4.78 is 2.12. The Morgan fingerprint density at radius 2 is 2.04 bits per heavy atom. The SMILES string of the molecule is CCN(C)c1nc(=O)n(-c2cccc(Br)n2)c2cc(Cl)ccc12. The molecule has 0 unspecified atom stereocenters. The van der Waals surface area contributed by atoms with Gasteiger partial charge in [-0.1, -0.05) is 17.7 Å². The molecule has 5 nitrogen and oxygen atoms in total. The summed E-state index contributed by atoms with van der Waals surface area (Å²) in [7, 11) is 1.90. The minimum Gasteiger partial charge on any atom is -0.359 e.